The Labute approximate surface area is 333 Å². The van der Waals surface area contributed by atoms with Crippen LogP contribution in [-0.2, 0) is 5.41 Å². The number of nitrogens with zero attached hydrogens (tertiary/aromatic N) is 1. The maximum absolute atomic E-state index is 6.81. The molecule has 0 atom stereocenters. The van der Waals surface area contributed by atoms with Gasteiger partial charge in [0.2, 0.25) is 0 Å². The summed E-state index contributed by atoms with van der Waals surface area (Å²) in [7, 11) is 0. The summed E-state index contributed by atoms with van der Waals surface area (Å²) in [4.78, 5) is 2.35. The van der Waals surface area contributed by atoms with Gasteiger partial charge in [0.05, 0.1) is 5.41 Å². The molecular formula is C55H39NO. The average Bonchev–Trinajstić information content (AvgIpc) is 3.69. The average molecular weight is 730 g/mol. The van der Waals surface area contributed by atoms with Gasteiger partial charge in [-0.3, -0.25) is 0 Å². The topological polar surface area (TPSA) is 16.4 Å². The second-order valence-corrected chi connectivity index (χ2v) is 14.5. The molecule has 10 rings (SSSR count). The molecule has 0 amide bonds. The first-order valence-corrected chi connectivity index (χ1v) is 19.5. The fraction of sp³-hybridized carbons (Fsp3) is 0.0182. The minimum Gasteiger partial charge on any atom is -0.456 e. The zero-order chi connectivity index (χ0) is 38.0. The lowest BCUT2D eigenvalue weighted by atomic mass is 9.65. The van der Waals surface area contributed by atoms with E-state index in [9.17, 15) is 0 Å². The first-order chi connectivity index (χ1) is 28.3. The predicted molar refractivity (Wildman–Crippen MR) is 238 cm³/mol. The molecule has 2 heteroatoms. The largest absolute Gasteiger partial charge is 0.456 e. The SMILES string of the molecule is c1ccc(-c2ccc(N(c3ccc(-c4ccccc4)cc3)c3ccc(C(c4ccccc4)(c4ccccc4)c4cccc5c4oc4ccccc45)cc3)cc2)cc1. The molecule has 1 aromatic heterocycles. The van der Waals surface area contributed by atoms with Gasteiger partial charge in [0.1, 0.15) is 11.2 Å². The van der Waals surface area contributed by atoms with Crippen LogP contribution in [0.4, 0.5) is 17.1 Å². The van der Waals surface area contributed by atoms with Crippen molar-refractivity contribution in [1.29, 1.82) is 0 Å². The number of fused-ring (bicyclic) bond motifs is 3. The molecule has 0 N–H and O–H groups in total. The molecular weight excluding hydrogens is 691 g/mol. The maximum atomic E-state index is 6.81. The highest BCUT2D eigenvalue weighted by Gasteiger charge is 2.40. The van der Waals surface area contributed by atoms with Gasteiger partial charge in [-0.15, -0.1) is 0 Å². The predicted octanol–water partition coefficient (Wildman–Crippen LogP) is 14.8. The molecule has 9 aromatic carbocycles. The minimum absolute atomic E-state index is 0.687. The first kappa shape index (κ1) is 34.1. The second-order valence-electron chi connectivity index (χ2n) is 14.5. The van der Waals surface area contributed by atoms with Gasteiger partial charge in [-0.05, 0) is 81.4 Å². The van der Waals surface area contributed by atoms with Crippen LogP contribution in [-0.4, -0.2) is 0 Å². The van der Waals surface area contributed by atoms with E-state index in [1.54, 1.807) is 0 Å². The zero-order valence-electron chi connectivity index (χ0n) is 31.4. The van der Waals surface area contributed by atoms with Crippen molar-refractivity contribution in [3.8, 4) is 22.3 Å². The molecule has 57 heavy (non-hydrogen) atoms. The molecule has 270 valence electrons. The quantitative estimate of drug-likeness (QED) is 0.138. The molecule has 0 saturated heterocycles. The molecule has 2 nitrogen and oxygen atoms in total. The van der Waals surface area contributed by atoms with E-state index in [4.69, 9.17) is 4.42 Å². The Morgan fingerprint density at radius 2 is 0.684 bits per heavy atom. The second kappa shape index (κ2) is 14.7. The van der Waals surface area contributed by atoms with Crippen LogP contribution in [0, 0.1) is 0 Å². The van der Waals surface area contributed by atoms with Crippen LogP contribution >= 0.6 is 0 Å². The van der Waals surface area contributed by atoms with Crippen molar-refractivity contribution in [2.24, 2.45) is 0 Å². The van der Waals surface area contributed by atoms with Gasteiger partial charge in [-0.1, -0.05) is 194 Å². The van der Waals surface area contributed by atoms with Gasteiger partial charge in [-0.2, -0.15) is 0 Å². The summed E-state index contributed by atoms with van der Waals surface area (Å²) in [5, 5.41) is 2.23. The van der Waals surface area contributed by atoms with E-state index in [-0.39, 0.29) is 0 Å². The lowest BCUT2D eigenvalue weighted by Crippen LogP contribution is -2.31. The molecule has 0 aliphatic carbocycles. The number of furan rings is 1. The van der Waals surface area contributed by atoms with Crippen LogP contribution in [0.3, 0.4) is 0 Å². The monoisotopic (exact) mass is 729 g/mol. The van der Waals surface area contributed by atoms with Crippen molar-refractivity contribution >= 4 is 39.0 Å². The summed E-state index contributed by atoms with van der Waals surface area (Å²) >= 11 is 0. The lowest BCUT2D eigenvalue weighted by molar-refractivity contribution is 0.645. The number of para-hydroxylation sites is 2. The Kier molecular flexibility index (Phi) is 8.78. The van der Waals surface area contributed by atoms with Crippen molar-refractivity contribution < 1.29 is 4.42 Å². The third kappa shape index (κ3) is 6.09. The van der Waals surface area contributed by atoms with E-state index in [1.165, 1.54) is 33.4 Å². The molecule has 0 unspecified atom stereocenters. The number of hydrogen-bond donors (Lipinski definition) is 0. The number of anilines is 3. The Morgan fingerprint density at radius 1 is 0.298 bits per heavy atom. The standard InChI is InChI=1S/C55H39NO/c1-5-16-40(17-6-1)42-28-34-47(35-29-42)56(48-36-30-43(31-37-48)41-18-7-2-8-19-41)49-38-32-46(33-39-49)55(44-20-9-3-10-21-44,45-22-11-4-12-23-45)52-26-15-25-51-50-24-13-14-27-53(50)57-54(51)52/h1-39H. The molecule has 0 saturated carbocycles. The van der Waals surface area contributed by atoms with Crippen LogP contribution < -0.4 is 4.90 Å². The van der Waals surface area contributed by atoms with Gasteiger partial charge in [0, 0.05) is 33.4 Å². The van der Waals surface area contributed by atoms with E-state index in [0.717, 1.165) is 50.1 Å². The Hall–Kier alpha value is -7.42. The first-order valence-electron chi connectivity index (χ1n) is 19.5. The van der Waals surface area contributed by atoms with E-state index in [1.807, 2.05) is 6.07 Å². The van der Waals surface area contributed by atoms with Gasteiger partial charge < -0.3 is 9.32 Å². The molecule has 0 aliphatic heterocycles. The molecule has 1 heterocycles. The van der Waals surface area contributed by atoms with Crippen molar-refractivity contribution in [1.82, 2.24) is 0 Å². The van der Waals surface area contributed by atoms with Gasteiger partial charge in [0.25, 0.3) is 0 Å². The summed E-state index contributed by atoms with van der Waals surface area (Å²) in [5.41, 5.74) is 13.7. The minimum atomic E-state index is -0.687. The van der Waals surface area contributed by atoms with Crippen LogP contribution in [0.2, 0.25) is 0 Å². The summed E-state index contributed by atoms with van der Waals surface area (Å²) in [6.45, 7) is 0. The number of rotatable bonds is 9. The van der Waals surface area contributed by atoms with Crippen molar-refractivity contribution in [3.05, 3.63) is 259 Å². The fourth-order valence-electron chi connectivity index (χ4n) is 8.56. The van der Waals surface area contributed by atoms with Crippen LogP contribution in [0.5, 0.6) is 0 Å². The number of hydrogen-bond acceptors (Lipinski definition) is 2. The molecule has 0 bridgehead atoms. The number of benzene rings is 9. The zero-order valence-corrected chi connectivity index (χ0v) is 31.4. The lowest BCUT2D eigenvalue weighted by Gasteiger charge is -2.37. The Balaban J connectivity index is 1.16. The van der Waals surface area contributed by atoms with Crippen LogP contribution in [0.25, 0.3) is 44.2 Å². The Bertz CT molecular complexity index is 2780. The van der Waals surface area contributed by atoms with Crippen molar-refractivity contribution in [2.45, 2.75) is 5.41 Å². The summed E-state index contributed by atoms with van der Waals surface area (Å²) in [6.07, 6.45) is 0. The van der Waals surface area contributed by atoms with Crippen LogP contribution in [0.15, 0.2) is 241 Å². The highest BCUT2D eigenvalue weighted by Crippen LogP contribution is 2.49. The molecule has 0 fully saturated rings. The highest BCUT2D eigenvalue weighted by atomic mass is 16.3. The molecule has 0 aliphatic rings. The van der Waals surface area contributed by atoms with E-state index in [2.05, 4.69) is 235 Å². The van der Waals surface area contributed by atoms with E-state index in [0.29, 0.717) is 0 Å². The molecule has 10 aromatic rings. The van der Waals surface area contributed by atoms with Gasteiger partial charge >= 0.3 is 0 Å². The van der Waals surface area contributed by atoms with Crippen molar-refractivity contribution in [3.63, 3.8) is 0 Å². The summed E-state index contributed by atoms with van der Waals surface area (Å²) < 4.78 is 6.81. The van der Waals surface area contributed by atoms with E-state index < -0.39 is 5.41 Å². The normalized spacial score (nSPS) is 11.5. The third-order valence-corrected chi connectivity index (χ3v) is 11.2. The fourth-order valence-corrected chi connectivity index (χ4v) is 8.56. The van der Waals surface area contributed by atoms with Crippen molar-refractivity contribution in [2.75, 3.05) is 4.90 Å². The maximum Gasteiger partial charge on any atom is 0.140 e. The third-order valence-electron chi connectivity index (χ3n) is 11.2. The summed E-state index contributed by atoms with van der Waals surface area (Å²) in [6, 6.07) is 84.7. The van der Waals surface area contributed by atoms with Gasteiger partial charge in [0.15, 0.2) is 0 Å². The molecule has 0 radical (unpaired) electrons. The highest BCUT2D eigenvalue weighted by molar-refractivity contribution is 6.06. The summed E-state index contributed by atoms with van der Waals surface area (Å²) in [5.74, 6) is 0. The van der Waals surface area contributed by atoms with Gasteiger partial charge in [-0.25, -0.2) is 0 Å². The van der Waals surface area contributed by atoms with Crippen LogP contribution in [0.1, 0.15) is 22.3 Å². The molecule has 0 spiro atoms. The van der Waals surface area contributed by atoms with E-state index >= 15 is 0 Å². The smallest absolute Gasteiger partial charge is 0.140 e. The Morgan fingerprint density at radius 3 is 1.19 bits per heavy atom.